The minimum Gasteiger partial charge on any atom is -0.347 e. The van der Waals surface area contributed by atoms with Gasteiger partial charge in [-0.05, 0) is 54.4 Å². The van der Waals surface area contributed by atoms with E-state index in [-0.39, 0.29) is 17.3 Å². The molecule has 2 N–H and O–H groups in total. The molecule has 0 radical (unpaired) electrons. The second-order valence-corrected chi connectivity index (χ2v) is 6.27. The van der Waals surface area contributed by atoms with Gasteiger partial charge in [-0.15, -0.1) is 0 Å². The molecule has 3 rings (SSSR count). The maximum atomic E-state index is 12.4. The molecule has 0 bridgehead atoms. The van der Waals surface area contributed by atoms with Crippen LogP contribution in [-0.2, 0) is 6.54 Å². The Labute approximate surface area is 161 Å². The van der Waals surface area contributed by atoms with E-state index in [1.54, 1.807) is 42.7 Å². The van der Waals surface area contributed by atoms with Crippen molar-refractivity contribution < 1.29 is 9.59 Å². The zero-order chi connectivity index (χ0) is 19.2. The van der Waals surface area contributed by atoms with Gasteiger partial charge in [0.25, 0.3) is 11.8 Å². The summed E-state index contributed by atoms with van der Waals surface area (Å²) >= 11 is 6.07. The maximum Gasteiger partial charge on any atom is 0.274 e. The average molecular weight is 381 g/mol. The molecule has 2 aromatic heterocycles. The lowest BCUT2D eigenvalue weighted by Crippen LogP contribution is -2.25. The SMILES string of the molecule is Cc1ccc(NC(=O)c2cccc(C(=O)NCc3ccncc3)n2)cc1Cl. The third-order valence-electron chi connectivity index (χ3n) is 3.85. The molecule has 0 saturated carbocycles. The van der Waals surface area contributed by atoms with E-state index in [9.17, 15) is 9.59 Å². The lowest BCUT2D eigenvalue weighted by molar-refractivity contribution is 0.0945. The monoisotopic (exact) mass is 380 g/mol. The summed E-state index contributed by atoms with van der Waals surface area (Å²) in [5.41, 5.74) is 2.70. The zero-order valence-electron chi connectivity index (χ0n) is 14.6. The van der Waals surface area contributed by atoms with Crippen molar-refractivity contribution in [2.45, 2.75) is 13.5 Å². The highest BCUT2D eigenvalue weighted by Gasteiger charge is 2.13. The Hall–Kier alpha value is -3.25. The second kappa shape index (κ2) is 8.42. The van der Waals surface area contributed by atoms with Crippen LogP contribution in [0.15, 0.2) is 60.9 Å². The first-order valence-corrected chi connectivity index (χ1v) is 8.62. The van der Waals surface area contributed by atoms with Crippen molar-refractivity contribution in [3.63, 3.8) is 0 Å². The van der Waals surface area contributed by atoms with E-state index in [0.29, 0.717) is 17.3 Å². The third kappa shape index (κ3) is 4.89. The van der Waals surface area contributed by atoms with Gasteiger partial charge in [0.05, 0.1) is 0 Å². The predicted molar refractivity (Wildman–Crippen MR) is 104 cm³/mol. The van der Waals surface area contributed by atoms with Gasteiger partial charge in [-0.25, -0.2) is 4.98 Å². The summed E-state index contributed by atoms with van der Waals surface area (Å²) in [5, 5.41) is 6.05. The van der Waals surface area contributed by atoms with E-state index in [1.165, 1.54) is 0 Å². The highest BCUT2D eigenvalue weighted by atomic mass is 35.5. The fourth-order valence-electron chi connectivity index (χ4n) is 2.33. The quantitative estimate of drug-likeness (QED) is 0.708. The molecule has 3 aromatic rings. The first kappa shape index (κ1) is 18.5. The molecule has 7 heteroatoms. The highest BCUT2D eigenvalue weighted by Crippen LogP contribution is 2.20. The van der Waals surface area contributed by atoms with Crippen molar-refractivity contribution in [3.8, 4) is 0 Å². The number of carbonyl (C=O) groups excluding carboxylic acids is 2. The fourth-order valence-corrected chi connectivity index (χ4v) is 2.51. The average Bonchev–Trinajstić information content (AvgIpc) is 2.70. The van der Waals surface area contributed by atoms with E-state index >= 15 is 0 Å². The van der Waals surface area contributed by atoms with Crippen LogP contribution < -0.4 is 10.6 Å². The molecule has 1 aromatic carbocycles. The summed E-state index contributed by atoms with van der Waals surface area (Å²) in [6, 6.07) is 13.6. The number of nitrogens with zero attached hydrogens (tertiary/aromatic N) is 2. The molecular weight excluding hydrogens is 364 g/mol. The first-order valence-electron chi connectivity index (χ1n) is 8.24. The molecule has 0 aliphatic carbocycles. The smallest absolute Gasteiger partial charge is 0.274 e. The third-order valence-corrected chi connectivity index (χ3v) is 4.25. The minimum atomic E-state index is -0.418. The van der Waals surface area contributed by atoms with Gasteiger partial charge in [-0.1, -0.05) is 23.7 Å². The van der Waals surface area contributed by atoms with Crippen molar-refractivity contribution in [1.29, 1.82) is 0 Å². The van der Waals surface area contributed by atoms with Gasteiger partial charge in [0.2, 0.25) is 0 Å². The molecule has 0 atom stereocenters. The number of hydrogen-bond donors (Lipinski definition) is 2. The number of nitrogens with one attached hydrogen (secondary N) is 2. The van der Waals surface area contributed by atoms with Gasteiger partial charge in [0.1, 0.15) is 11.4 Å². The molecule has 0 unspecified atom stereocenters. The summed E-state index contributed by atoms with van der Waals surface area (Å²) in [6.07, 6.45) is 3.31. The van der Waals surface area contributed by atoms with Gasteiger partial charge in [0.15, 0.2) is 0 Å². The number of hydrogen-bond acceptors (Lipinski definition) is 4. The molecule has 2 amide bonds. The van der Waals surface area contributed by atoms with E-state index in [1.807, 2.05) is 25.1 Å². The number of aryl methyl sites for hydroxylation is 1. The van der Waals surface area contributed by atoms with Crippen LogP contribution in [0.25, 0.3) is 0 Å². The molecule has 0 aliphatic rings. The van der Waals surface area contributed by atoms with Crippen molar-refractivity contribution in [3.05, 3.63) is 88.5 Å². The van der Waals surface area contributed by atoms with Crippen LogP contribution in [0.1, 0.15) is 32.1 Å². The highest BCUT2D eigenvalue weighted by molar-refractivity contribution is 6.31. The van der Waals surface area contributed by atoms with Crippen LogP contribution in [0, 0.1) is 6.92 Å². The van der Waals surface area contributed by atoms with Gasteiger partial charge in [-0.3, -0.25) is 14.6 Å². The predicted octanol–water partition coefficient (Wildman–Crippen LogP) is 3.62. The lowest BCUT2D eigenvalue weighted by Gasteiger charge is -2.08. The molecule has 0 fully saturated rings. The van der Waals surface area contributed by atoms with Crippen molar-refractivity contribution in [1.82, 2.24) is 15.3 Å². The van der Waals surface area contributed by atoms with E-state index in [4.69, 9.17) is 11.6 Å². The lowest BCUT2D eigenvalue weighted by atomic mass is 10.2. The number of amides is 2. The molecule has 136 valence electrons. The first-order chi connectivity index (χ1) is 13.0. The standard InChI is InChI=1S/C20H17ClN4O2/c1-13-5-6-15(11-16(13)21)24-20(27)18-4-2-3-17(25-18)19(26)23-12-14-7-9-22-10-8-14/h2-11H,12H2,1H3,(H,23,26)(H,24,27). The van der Waals surface area contributed by atoms with Gasteiger partial charge in [0, 0.05) is 29.6 Å². The number of carbonyl (C=O) groups is 2. The Morgan fingerprint density at radius 2 is 1.70 bits per heavy atom. The number of anilines is 1. The van der Waals surface area contributed by atoms with Crippen LogP contribution in [0.2, 0.25) is 5.02 Å². The van der Waals surface area contributed by atoms with Crippen LogP contribution in [0.3, 0.4) is 0 Å². The Morgan fingerprint density at radius 1 is 1.00 bits per heavy atom. The van der Waals surface area contributed by atoms with Crippen LogP contribution in [0.5, 0.6) is 0 Å². The van der Waals surface area contributed by atoms with Crippen molar-refractivity contribution in [2.24, 2.45) is 0 Å². The molecule has 0 spiro atoms. The van der Waals surface area contributed by atoms with Crippen LogP contribution >= 0.6 is 11.6 Å². The number of pyridine rings is 2. The number of rotatable bonds is 5. The number of benzene rings is 1. The van der Waals surface area contributed by atoms with E-state index < -0.39 is 5.91 Å². The zero-order valence-corrected chi connectivity index (χ0v) is 15.3. The van der Waals surface area contributed by atoms with Crippen molar-refractivity contribution >= 4 is 29.1 Å². The topological polar surface area (TPSA) is 84.0 Å². The summed E-state index contributed by atoms with van der Waals surface area (Å²) in [5.74, 6) is -0.779. The molecular formula is C20H17ClN4O2. The molecule has 0 aliphatic heterocycles. The molecule has 27 heavy (non-hydrogen) atoms. The van der Waals surface area contributed by atoms with E-state index in [0.717, 1.165) is 11.1 Å². The van der Waals surface area contributed by atoms with E-state index in [2.05, 4.69) is 20.6 Å². The summed E-state index contributed by atoms with van der Waals surface area (Å²) in [4.78, 5) is 32.8. The Morgan fingerprint density at radius 3 is 2.41 bits per heavy atom. The maximum absolute atomic E-state index is 12.4. The fraction of sp³-hybridized carbons (Fsp3) is 0.100. The number of aromatic nitrogens is 2. The summed E-state index contributed by atoms with van der Waals surface area (Å²) in [6.45, 7) is 2.23. The largest absolute Gasteiger partial charge is 0.347 e. The second-order valence-electron chi connectivity index (χ2n) is 5.86. The van der Waals surface area contributed by atoms with Crippen LogP contribution in [-0.4, -0.2) is 21.8 Å². The molecule has 2 heterocycles. The molecule has 0 saturated heterocycles. The van der Waals surface area contributed by atoms with Gasteiger partial charge in [-0.2, -0.15) is 0 Å². The van der Waals surface area contributed by atoms with Crippen molar-refractivity contribution in [2.75, 3.05) is 5.32 Å². The normalized spacial score (nSPS) is 10.3. The summed E-state index contributed by atoms with van der Waals surface area (Å²) < 4.78 is 0. The Bertz CT molecular complexity index is 977. The Kier molecular flexibility index (Phi) is 5.78. The number of halogens is 1. The summed E-state index contributed by atoms with van der Waals surface area (Å²) in [7, 11) is 0. The van der Waals surface area contributed by atoms with Gasteiger partial charge >= 0.3 is 0 Å². The van der Waals surface area contributed by atoms with Gasteiger partial charge < -0.3 is 10.6 Å². The molecule has 6 nitrogen and oxygen atoms in total. The minimum absolute atomic E-state index is 0.142. The van der Waals surface area contributed by atoms with Crippen LogP contribution in [0.4, 0.5) is 5.69 Å². The Balaban J connectivity index is 1.67.